The van der Waals surface area contributed by atoms with Gasteiger partial charge in [-0.3, -0.25) is 4.79 Å². The van der Waals surface area contributed by atoms with E-state index in [0.29, 0.717) is 11.3 Å². The molecule has 22 heavy (non-hydrogen) atoms. The van der Waals surface area contributed by atoms with Crippen LogP contribution in [0.1, 0.15) is 33.8 Å². The fraction of sp³-hybridized carbons (Fsp3) is 0.706. The zero-order valence-electron chi connectivity index (χ0n) is 13.5. The maximum absolute atomic E-state index is 12.6. The van der Waals surface area contributed by atoms with E-state index in [1.807, 2.05) is 24.0 Å². The molecule has 2 saturated heterocycles. The number of hydrogen-bond donors (Lipinski definition) is 0. The van der Waals surface area contributed by atoms with Gasteiger partial charge in [0, 0.05) is 37.6 Å². The van der Waals surface area contributed by atoms with Gasteiger partial charge in [0.1, 0.15) is 0 Å². The zero-order chi connectivity index (χ0) is 15.6. The summed E-state index contributed by atoms with van der Waals surface area (Å²) in [5.41, 5.74) is 0.302. The van der Waals surface area contributed by atoms with Gasteiger partial charge in [-0.25, -0.2) is 0 Å². The van der Waals surface area contributed by atoms with E-state index in [-0.39, 0.29) is 5.91 Å². The van der Waals surface area contributed by atoms with Gasteiger partial charge in [0.25, 0.3) is 5.91 Å². The molecule has 0 saturated carbocycles. The summed E-state index contributed by atoms with van der Waals surface area (Å²) < 4.78 is 11.0. The van der Waals surface area contributed by atoms with Crippen molar-refractivity contribution in [3.8, 4) is 0 Å². The van der Waals surface area contributed by atoms with Gasteiger partial charge in [0.05, 0.1) is 18.1 Å². The molecule has 0 radical (unpaired) electrons. The molecule has 1 atom stereocenters. The standard InChI is InChI=1S/C17H25NO3S/c1-13-3-4-15(22-13)16(19)18-8-5-17(6-9-18)7-10-21-12-14(17)11-20-2/h3-4,14H,5-12H2,1-2H3/t14-/m0/s1. The summed E-state index contributed by atoms with van der Waals surface area (Å²) in [5.74, 6) is 0.663. The summed E-state index contributed by atoms with van der Waals surface area (Å²) in [7, 11) is 1.76. The number of carbonyl (C=O) groups is 1. The van der Waals surface area contributed by atoms with E-state index in [1.54, 1.807) is 18.4 Å². The second kappa shape index (κ2) is 6.69. The van der Waals surface area contributed by atoms with E-state index in [9.17, 15) is 4.79 Å². The van der Waals surface area contributed by atoms with E-state index in [2.05, 4.69) is 0 Å². The highest BCUT2D eigenvalue weighted by Gasteiger charge is 2.44. The number of hydrogen-bond acceptors (Lipinski definition) is 4. The van der Waals surface area contributed by atoms with E-state index in [4.69, 9.17) is 9.47 Å². The van der Waals surface area contributed by atoms with Gasteiger partial charge in [0.2, 0.25) is 0 Å². The second-order valence-electron chi connectivity index (χ2n) is 6.54. The normalized spacial score (nSPS) is 24.6. The monoisotopic (exact) mass is 323 g/mol. The Bertz CT molecular complexity index is 518. The third-order valence-corrected chi connectivity index (χ3v) is 6.28. The molecule has 5 heteroatoms. The number of likely N-dealkylation sites (tertiary alicyclic amines) is 1. The molecule has 1 spiro atoms. The van der Waals surface area contributed by atoms with Crippen LogP contribution in [-0.2, 0) is 9.47 Å². The van der Waals surface area contributed by atoms with Crippen LogP contribution < -0.4 is 0 Å². The van der Waals surface area contributed by atoms with E-state index in [1.165, 1.54) is 4.88 Å². The SMILES string of the molecule is COC[C@H]1COCCC12CCN(C(=O)c1ccc(C)s1)CC2. The molecule has 0 aromatic carbocycles. The van der Waals surface area contributed by atoms with Crippen molar-refractivity contribution in [1.82, 2.24) is 4.90 Å². The van der Waals surface area contributed by atoms with Crippen molar-refractivity contribution in [2.75, 3.05) is 40.0 Å². The summed E-state index contributed by atoms with van der Waals surface area (Å²) >= 11 is 1.59. The molecule has 1 aromatic rings. The second-order valence-corrected chi connectivity index (χ2v) is 7.83. The Labute approximate surface area is 136 Å². The summed E-state index contributed by atoms with van der Waals surface area (Å²) in [6.45, 7) is 6.16. The highest BCUT2D eigenvalue weighted by Crippen LogP contribution is 2.45. The van der Waals surface area contributed by atoms with E-state index >= 15 is 0 Å². The Hall–Kier alpha value is -0.910. The predicted octanol–water partition coefficient (Wildman–Crippen LogP) is 2.96. The Kier molecular flexibility index (Phi) is 4.85. The molecule has 1 amide bonds. The minimum atomic E-state index is 0.198. The van der Waals surface area contributed by atoms with Crippen molar-refractivity contribution in [3.05, 3.63) is 21.9 Å². The molecule has 0 N–H and O–H groups in total. The lowest BCUT2D eigenvalue weighted by Gasteiger charge is -2.48. The number of thiophene rings is 1. The number of rotatable bonds is 3. The van der Waals surface area contributed by atoms with Gasteiger partial charge in [-0.1, -0.05) is 0 Å². The van der Waals surface area contributed by atoms with Crippen molar-refractivity contribution in [3.63, 3.8) is 0 Å². The molecule has 122 valence electrons. The molecular weight excluding hydrogens is 298 g/mol. The molecule has 2 fully saturated rings. The van der Waals surface area contributed by atoms with Crippen LogP contribution in [0, 0.1) is 18.3 Å². The Morgan fingerprint density at radius 1 is 1.41 bits per heavy atom. The summed E-state index contributed by atoms with van der Waals surface area (Å²) in [6, 6.07) is 3.98. The number of piperidine rings is 1. The lowest BCUT2D eigenvalue weighted by molar-refractivity contribution is -0.0912. The van der Waals surface area contributed by atoms with Crippen molar-refractivity contribution in [1.29, 1.82) is 0 Å². The first-order valence-electron chi connectivity index (χ1n) is 8.07. The Morgan fingerprint density at radius 2 is 2.18 bits per heavy atom. The number of ether oxygens (including phenoxy) is 2. The van der Waals surface area contributed by atoms with Crippen LogP contribution in [-0.4, -0.2) is 50.8 Å². The van der Waals surface area contributed by atoms with Gasteiger partial charge in [-0.05, 0) is 43.7 Å². The van der Waals surface area contributed by atoms with Gasteiger partial charge >= 0.3 is 0 Å². The maximum Gasteiger partial charge on any atom is 0.263 e. The van der Waals surface area contributed by atoms with Crippen LogP contribution in [0.4, 0.5) is 0 Å². The Balaban J connectivity index is 1.65. The third kappa shape index (κ3) is 3.07. The van der Waals surface area contributed by atoms with Crippen LogP contribution >= 0.6 is 11.3 Å². The lowest BCUT2D eigenvalue weighted by Crippen LogP contribution is -2.50. The molecular formula is C17H25NO3S. The molecule has 0 unspecified atom stereocenters. The minimum absolute atomic E-state index is 0.198. The molecule has 2 aliphatic heterocycles. The van der Waals surface area contributed by atoms with Crippen molar-refractivity contribution < 1.29 is 14.3 Å². The highest BCUT2D eigenvalue weighted by atomic mass is 32.1. The number of aryl methyl sites for hydroxylation is 1. The smallest absolute Gasteiger partial charge is 0.263 e. The first-order valence-corrected chi connectivity index (χ1v) is 8.89. The van der Waals surface area contributed by atoms with Gasteiger partial charge in [-0.2, -0.15) is 0 Å². The fourth-order valence-corrected chi connectivity index (χ4v) is 4.66. The predicted molar refractivity (Wildman–Crippen MR) is 87.4 cm³/mol. The summed E-state index contributed by atoms with van der Waals surface area (Å²) in [4.78, 5) is 16.7. The number of carbonyl (C=O) groups excluding carboxylic acids is 1. The zero-order valence-corrected chi connectivity index (χ0v) is 14.3. The molecule has 1 aromatic heterocycles. The van der Waals surface area contributed by atoms with Crippen molar-refractivity contribution in [2.45, 2.75) is 26.2 Å². The maximum atomic E-state index is 12.6. The average Bonchev–Trinajstić information content (AvgIpc) is 2.97. The van der Waals surface area contributed by atoms with Crippen molar-refractivity contribution in [2.24, 2.45) is 11.3 Å². The van der Waals surface area contributed by atoms with Crippen LogP contribution in [0.15, 0.2) is 12.1 Å². The van der Waals surface area contributed by atoms with Gasteiger partial charge < -0.3 is 14.4 Å². The first kappa shape index (κ1) is 16.0. The van der Waals surface area contributed by atoms with Crippen molar-refractivity contribution >= 4 is 17.2 Å². The number of amides is 1. The van der Waals surface area contributed by atoms with E-state index < -0.39 is 0 Å². The Morgan fingerprint density at radius 3 is 2.82 bits per heavy atom. The topological polar surface area (TPSA) is 38.8 Å². The molecule has 2 aliphatic rings. The lowest BCUT2D eigenvalue weighted by atomic mass is 9.66. The van der Waals surface area contributed by atoms with Gasteiger partial charge in [-0.15, -0.1) is 11.3 Å². The van der Waals surface area contributed by atoms with E-state index in [0.717, 1.165) is 57.0 Å². The molecule has 3 heterocycles. The molecule has 4 nitrogen and oxygen atoms in total. The average molecular weight is 323 g/mol. The number of methoxy groups -OCH3 is 1. The highest BCUT2D eigenvalue weighted by molar-refractivity contribution is 7.13. The van der Waals surface area contributed by atoms with Crippen LogP contribution in [0.2, 0.25) is 0 Å². The van der Waals surface area contributed by atoms with Gasteiger partial charge in [0.15, 0.2) is 0 Å². The fourth-order valence-electron chi connectivity index (χ4n) is 3.83. The molecule has 0 bridgehead atoms. The quantitative estimate of drug-likeness (QED) is 0.858. The first-order chi connectivity index (χ1) is 10.6. The minimum Gasteiger partial charge on any atom is -0.384 e. The summed E-state index contributed by atoms with van der Waals surface area (Å²) in [6.07, 6.45) is 3.24. The van der Waals surface area contributed by atoms with Crippen LogP contribution in [0.5, 0.6) is 0 Å². The number of nitrogens with zero attached hydrogens (tertiary/aromatic N) is 1. The summed E-state index contributed by atoms with van der Waals surface area (Å²) in [5, 5.41) is 0. The van der Waals surface area contributed by atoms with Crippen LogP contribution in [0.25, 0.3) is 0 Å². The third-order valence-electron chi connectivity index (χ3n) is 5.29. The largest absolute Gasteiger partial charge is 0.384 e. The van der Waals surface area contributed by atoms with Crippen LogP contribution in [0.3, 0.4) is 0 Å². The molecule has 3 rings (SSSR count). The molecule has 0 aliphatic carbocycles.